The van der Waals surface area contributed by atoms with Crippen LogP contribution >= 0.6 is 0 Å². The van der Waals surface area contributed by atoms with E-state index in [2.05, 4.69) is 20.7 Å². The van der Waals surface area contributed by atoms with Crippen LogP contribution in [0.5, 0.6) is 0 Å². The number of H-pyrrole nitrogens is 1. The largest absolute Gasteiger partial charge is 0.291 e. The smallest absolute Gasteiger partial charge is 0.281 e. The van der Waals surface area contributed by atoms with Gasteiger partial charge in [0, 0.05) is 23.7 Å². The molecule has 1 amide bonds. The van der Waals surface area contributed by atoms with Crippen LogP contribution in [0.15, 0.2) is 35.4 Å². The molecule has 1 aliphatic rings. The highest BCUT2D eigenvalue weighted by atomic mass is 16.6. The number of hydrogen-bond donors (Lipinski definition) is 2. The van der Waals surface area contributed by atoms with Crippen LogP contribution < -0.4 is 5.43 Å². The molecule has 8 heteroatoms. The number of carbonyl (C=O) groups is 1. The normalized spacial score (nSPS) is 14.6. The average Bonchev–Trinajstić information content (AvgIpc) is 3.29. The van der Waals surface area contributed by atoms with E-state index >= 15 is 0 Å². The van der Waals surface area contributed by atoms with Gasteiger partial charge >= 0.3 is 0 Å². The maximum Gasteiger partial charge on any atom is 0.291 e. The maximum atomic E-state index is 12.0. The van der Waals surface area contributed by atoms with E-state index in [0.29, 0.717) is 22.9 Å². The Morgan fingerprint density at radius 1 is 1.39 bits per heavy atom. The van der Waals surface area contributed by atoms with Crippen molar-refractivity contribution in [2.24, 2.45) is 5.10 Å². The number of benzene rings is 1. The minimum atomic E-state index is -0.465. The molecule has 1 aromatic carbocycles. The highest BCUT2D eigenvalue weighted by Gasteiger charge is 2.26. The first-order chi connectivity index (χ1) is 11.0. The Hall–Kier alpha value is -3.03. The van der Waals surface area contributed by atoms with Crippen molar-refractivity contribution in [3.05, 3.63) is 57.4 Å². The molecule has 1 aliphatic carbocycles. The quantitative estimate of drug-likeness (QED) is 0.501. The van der Waals surface area contributed by atoms with Gasteiger partial charge in [0.15, 0.2) is 5.69 Å². The summed E-state index contributed by atoms with van der Waals surface area (Å²) in [6, 6.07) is 7.70. The van der Waals surface area contributed by atoms with E-state index in [0.717, 1.165) is 18.5 Å². The topological polar surface area (TPSA) is 113 Å². The molecule has 3 rings (SSSR count). The second kappa shape index (κ2) is 5.99. The van der Waals surface area contributed by atoms with E-state index in [4.69, 9.17) is 0 Å². The maximum absolute atomic E-state index is 12.0. The number of nitro groups is 1. The molecule has 1 heterocycles. The predicted molar refractivity (Wildman–Crippen MR) is 83.3 cm³/mol. The van der Waals surface area contributed by atoms with Crippen molar-refractivity contribution in [2.45, 2.75) is 25.7 Å². The lowest BCUT2D eigenvalue weighted by atomic mass is 10.1. The van der Waals surface area contributed by atoms with Gasteiger partial charge in [0.2, 0.25) is 0 Å². The van der Waals surface area contributed by atoms with Crippen LogP contribution in [0.25, 0.3) is 0 Å². The van der Waals surface area contributed by atoms with E-state index in [1.54, 1.807) is 25.1 Å². The Morgan fingerprint density at radius 3 is 2.70 bits per heavy atom. The summed E-state index contributed by atoms with van der Waals surface area (Å²) in [5.74, 6) is 0.101. The fourth-order valence-electron chi connectivity index (χ4n) is 2.14. The van der Waals surface area contributed by atoms with Crippen LogP contribution in [-0.4, -0.2) is 26.7 Å². The van der Waals surface area contributed by atoms with Crippen LogP contribution in [0.1, 0.15) is 47.4 Å². The first kappa shape index (κ1) is 14.9. The van der Waals surface area contributed by atoms with Crippen LogP contribution in [0, 0.1) is 10.1 Å². The van der Waals surface area contributed by atoms with Gasteiger partial charge in [0.05, 0.1) is 10.6 Å². The summed E-state index contributed by atoms with van der Waals surface area (Å²) in [4.78, 5) is 22.1. The number of nitrogens with one attached hydrogen (secondary N) is 2. The molecule has 2 aromatic rings. The minimum absolute atomic E-state index is 0.00899. The van der Waals surface area contributed by atoms with Gasteiger partial charge in [-0.3, -0.25) is 20.0 Å². The number of nitro benzene ring substituents is 1. The zero-order valence-electron chi connectivity index (χ0n) is 12.4. The Balaban J connectivity index is 1.65. The van der Waals surface area contributed by atoms with Gasteiger partial charge in [0.1, 0.15) is 0 Å². The first-order valence-corrected chi connectivity index (χ1v) is 7.19. The van der Waals surface area contributed by atoms with E-state index in [9.17, 15) is 14.9 Å². The molecule has 8 nitrogen and oxygen atoms in total. The Kier molecular flexibility index (Phi) is 3.88. The third kappa shape index (κ3) is 3.42. The van der Waals surface area contributed by atoms with Gasteiger partial charge in [-0.05, 0) is 43.5 Å². The molecular weight excluding hydrogens is 298 g/mol. The Labute approximate surface area is 131 Å². The molecule has 0 spiro atoms. The number of amides is 1. The fraction of sp³-hybridized carbons (Fsp3) is 0.267. The number of hydrogen-bond acceptors (Lipinski definition) is 5. The van der Waals surface area contributed by atoms with Crippen LogP contribution in [0.3, 0.4) is 0 Å². The van der Waals surface area contributed by atoms with Crippen molar-refractivity contribution in [3.63, 3.8) is 0 Å². The molecule has 2 N–H and O–H groups in total. The number of nitrogens with zero attached hydrogens (tertiary/aromatic N) is 3. The van der Waals surface area contributed by atoms with Crippen molar-refractivity contribution < 1.29 is 9.72 Å². The van der Waals surface area contributed by atoms with Gasteiger partial charge in [0.25, 0.3) is 11.6 Å². The number of aromatic amines is 1. The molecule has 0 aliphatic heterocycles. The van der Waals surface area contributed by atoms with E-state index in [-0.39, 0.29) is 5.69 Å². The van der Waals surface area contributed by atoms with Crippen LogP contribution in [0.2, 0.25) is 0 Å². The van der Waals surface area contributed by atoms with Crippen molar-refractivity contribution in [1.82, 2.24) is 15.6 Å². The third-order valence-corrected chi connectivity index (χ3v) is 3.67. The van der Waals surface area contributed by atoms with Gasteiger partial charge in [-0.25, -0.2) is 5.43 Å². The number of hydrazone groups is 1. The highest BCUT2D eigenvalue weighted by molar-refractivity contribution is 6.00. The average molecular weight is 313 g/mol. The summed E-state index contributed by atoms with van der Waals surface area (Å²) in [5, 5.41) is 21.5. The molecule has 1 aromatic heterocycles. The molecule has 1 fully saturated rings. The predicted octanol–water partition coefficient (Wildman–Crippen LogP) is 2.35. The summed E-state index contributed by atoms with van der Waals surface area (Å²) in [7, 11) is 0. The summed E-state index contributed by atoms with van der Waals surface area (Å²) in [6.45, 7) is 1.71. The summed E-state index contributed by atoms with van der Waals surface area (Å²) < 4.78 is 0. The molecule has 0 radical (unpaired) electrons. The van der Waals surface area contributed by atoms with Crippen molar-refractivity contribution in [1.29, 1.82) is 0 Å². The highest BCUT2D eigenvalue weighted by Crippen LogP contribution is 2.38. The second-order valence-electron chi connectivity index (χ2n) is 5.42. The SMILES string of the molecule is CC(=NNC(=O)c1cc(C2CC2)[nH]n1)c1ccc([N+](=O)[O-])cc1. The minimum Gasteiger partial charge on any atom is -0.281 e. The van der Waals surface area contributed by atoms with Crippen LogP contribution in [0.4, 0.5) is 5.69 Å². The Morgan fingerprint density at radius 2 is 2.09 bits per heavy atom. The lowest BCUT2D eigenvalue weighted by Crippen LogP contribution is -2.19. The number of non-ortho nitro benzene ring substituents is 1. The van der Waals surface area contributed by atoms with Gasteiger partial charge in [-0.1, -0.05) is 0 Å². The number of rotatable bonds is 5. The van der Waals surface area contributed by atoms with Crippen LogP contribution in [-0.2, 0) is 0 Å². The van der Waals surface area contributed by atoms with Gasteiger partial charge in [-0.15, -0.1) is 0 Å². The summed E-state index contributed by atoms with van der Waals surface area (Å²) in [5.41, 5.74) is 4.96. The van der Waals surface area contributed by atoms with E-state index < -0.39 is 10.8 Å². The lowest BCUT2D eigenvalue weighted by molar-refractivity contribution is -0.384. The van der Waals surface area contributed by atoms with Crippen molar-refractivity contribution >= 4 is 17.3 Å². The number of aromatic nitrogens is 2. The van der Waals surface area contributed by atoms with Crippen molar-refractivity contribution in [2.75, 3.05) is 0 Å². The molecule has 0 bridgehead atoms. The molecule has 1 saturated carbocycles. The second-order valence-corrected chi connectivity index (χ2v) is 5.42. The number of carbonyl (C=O) groups excluding carboxylic acids is 1. The van der Waals surface area contributed by atoms with E-state index in [1.165, 1.54) is 12.1 Å². The van der Waals surface area contributed by atoms with E-state index in [1.807, 2.05) is 0 Å². The lowest BCUT2D eigenvalue weighted by Gasteiger charge is -2.01. The summed E-state index contributed by atoms with van der Waals surface area (Å²) in [6.07, 6.45) is 2.25. The van der Waals surface area contributed by atoms with Gasteiger partial charge in [-0.2, -0.15) is 10.2 Å². The first-order valence-electron chi connectivity index (χ1n) is 7.19. The monoisotopic (exact) mass is 313 g/mol. The zero-order valence-corrected chi connectivity index (χ0v) is 12.4. The molecular formula is C15H15N5O3. The molecule has 23 heavy (non-hydrogen) atoms. The standard InChI is InChI=1S/C15H15N5O3/c1-9(10-4-6-12(7-5-10)20(22)23)16-19-15(21)14-8-13(17-18-14)11-2-3-11/h4-8,11H,2-3H2,1H3,(H,17,18)(H,19,21). The molecule has 0 unspecified atom stereocenters. The molecule has 118 valence electrons. The molecule has 0 atom stereocenters. The van der Waals surface area contributed by atoms with Gasteiger partial charge < -0.3 is 0 Å². The Bertz CT molecular complexity index is 775. The fourth-order valence-corrected chi connectivity index (χ4v) is 2.14. The third-order valence-electron chi connectivity index (χ3n) is 3.67. The zero-order chi connectivity index (χ0) is 16.4. The molecule has 0 saturated heterocycles. The summed E-state index contributed by atoms with van der Waals surface area (Å²) >= 11 is 0. The van der Waals surface area contributed by atoms with Crippen molar-refractivity contribution in [3.8, 4) is 0 Å².